The summed E-state index contributed by atoms with van der Waals surface area (Å²) < 4.78 is 5.78. The van der Waals surface area contributed by atoms with Crippen molar-refractivity contribution in [3.63, 3.8) is 0 Å². The van der Waals surface area contributed by atoms with Gasteiger partial charge in [-0.1, -0.05) is 42.5 Å². The van der Waals surface area contributed by atoms with Gasteiger partial charge < -0.3 is 9.73 Å². The number of aromatic nitrogens is 1. The maximum absolute atomic E-state index is 12.3. The van der Waals surface area contributed by atoms with E-state index in [4.69, 9.17) is 4.42 Å². The molecule has 1 aromatic heterocycles. The smallest absolute Gasteiger partial charge is 0.251 e. The molecule has 3 aromatic carbocycles. The lowest BCUT2D eigenvalue weighted by atomic mass is 10.1. The van der Waals surface area contributed by atoms with Crippen molar-refractivity contribution in [1.82, 2.24) is 10.3 Å². The Bertz CT molecular complexity index is 1030. The van der Waals surface area contributed by atoms with Crippen LogP contribution in [0.25, 0.3) is 22.6 Å². The Hall–Kier alpha value is -3.40. The van der Waals surface area contributed by atoms with Crippen LogP contribution in [0, 0.1) is 6.92 Å². The fourth-order valence-electron chi connectivity index (χ4n) is 2.87. The van der Waals surface area contributed by atoms with Gasteiger partial charge >= 0.3 is 0 Å². The van der Waals surface area contributed by atoms with Crippen molar-refractivity contribution in [3.05, 3.63) is 89.5 Å². The van der Waals surface area contributed by atoms with E-state index in [1.165, 1.54) is 0 Å². The number of benzene rings is 3. The fourth-order valence-corrected chi connectivity index (χ4v) is 2.87. The second-order valence-electron chi connectivity index (χ2n) is 6.18. The Balaban J connectivity index is 1.46. The van der Waals surface area contributed by atoms with Gasteiger partial charge in [0.2, 0.25) is 5.89 Å². The lowest BCUT2D eigenvalue weighted by Gasteiger charge is -2.08. The summed E-state index contributed by atoms with van der Waals surface area (Å²) in [6.07, 6.45) is 0. The first kappa shape index (κ1) is 16.1. The summed E-state index contributed by atoms with van der Waals surface area (Å²) in [4.78, 5) is 16.8. The molecule has 0 saturated carbocycles. The van der Waals surface area contributed by atoms with Crippen LogP contribution >= 0.6 is 0 Å². The Morgan fingerprint density at radius 2 is 1.69 bits per heavy atom. The number of fused-ring (bicyclic) bond motifs is 1. The second kappa shape index (κ2) is 6.84. The van der Waals surface area contributed by atoms with E-state index in [1.54, 1.807) is 0 Å². The zero-order valence-corrected chi connectivity index (χ0v) is 14.4. The number of oxazole rings is 1. The number of amides is 1. The van der Waals surface area contributed by atoms with Crippen LogP contribution in [-0.2, 0) is 6.54 Å². The van der Waals surface area contributed by atoms with Gasteiger partial charge in [0.05, 0.1) is 0 Å². The van der Waals surface area contributed by atoms with Crippen LogP contribution in [0.15, 0.2) is 77.2 Å². The molecule has 0 spiro atoms. The van der Waals surface area contributed by atoms with Crippen molar-refractivity contribution in [3.8, 4) is 11.5 Å². The van der Waals surface area contributed by atoms with Gasteiger partial charge in [0.1, 0.15) is 5.52 Å². The van der Waals surface area contributed by atoms with E-state index in [0.29, 0.717) is 18.0 Å². The average Bonchev–Trinajstić information content (AvgIpc) is 3.11. The lowest BCUT2D eigenvalue weighted by Crippen LogP contribution is -2.23. The van der Waals surface area contributed by atoms with Crippen LogP contribution < -0.4 is 5.32 Å². The van der Waals surface area contributed by atoms with Gasteiger partial charge in [0.15, 0.2) is 5.58 Å². The predicted molar refractivity (Wildman–Crippen MR) is 102 cm³/mol. The predicted octanol–water partition coefficient (Wildman–Crippen LogP) is 4.73. The molecule has 0 radical (unpaired) electrons. The minimum atomic E-state index is -0.0638. The molecular formula is C22H18N2O2. The molecule has 4 nitrogen and oxygen atoms in total. The SMILES string of the molecule is Cc1ccccc1C(=O)NCc1ccc(-c2nc3ccccc3o2)cc1. The van der Waals surface area contributed by atoms with Crippen LogP contribution in [0.5, 0.6) is 0 Å². The summed E-state index contributed by atoms with van der Waals surface area (Å²) >= 11 is 0. The topological polar surface area (TPSA) is 55.1 Å². The van der Waals surface area contributed by atoms with Crippen molar-refractivity contribution in [1.29, 1.82) is 0 Å². The third-order valence-corrected chi connectivity index (χ3v) is 4.34. The first-order chi connectivity index (χ1) is 12.7. The van der Waals surface area contributed by atoms with E-state index in [1.807, 2.05) is 79.7 Å². The van der Waals surface area contributed by atoms with E-state index in [-0.39, 0.29) is 5.91 Å². The third kappa shape index (κ3) is 3.22. The number of para-hydroxylation sites is 2. The Labute approximate surface area is 151 Å². The van der Waals surface area contributed by atoms with Gasteiger partial charge in [-0.25, -0.2) is 4.98 Å². The maximum atomic E-state index is 12.3. The monoisotopic (exact) mass is 342 g/mol. The van der Waals surface area contributed by atoms with Gasteiger partial charge in [-0.3, -0.25) is 4.79 Å². The number of carbonyl (C=O) groups is 1. The van der Waals surface area contributed by atoms with Gasteiger partial charge in [0.25, 0.3) is 5.91 Å². The highest BCUT2D eigenvalue weighted by Gasteiger charge is 2.09. The van der Waals surface area contributed by atoms with Gasteiger partial charge in [0, 0.05) is 17.7 Å². The van der Waals surface area contributed by atoms with Crippen molar-refractivity contribution in [2.75, 3.05) is 0 Å². The van der Waals surface area contributed by atoms with Gasteiger partial charge in [-0.05, 0) is 48.4 Å². The van der Waals surface area contributed by atoms with E-state index in [0.717, 1.165) is 27.8 Å². The molecule has 1 N–H and O–H groups in total. The van der Waals surface area contributed by atoms with Gasteiger partial charge in [-0.2, -0.15) is 0 Å². The number of aryl methyl sites for hydroxylation is 1. The van der Waals surface area contributed by atoms with Crippen LogP contribution in [0.4, 0.5) is 0 Å². The molecular weight excluding hydrogens is 324 g/mol. The highest BCUT2D eigenvalue weighted by atomic mass is 16.3. The zero-order valence-electron chi connectivity index (χ0n) is 14.4. The first-order valence-electron chi connectivity index (χ1n) is 8.49. The number of rotatable bonds is 4. The quantitative estimate of drug-likeness (QED) is 0.583. The second-order valence-corrected chi connectivity index (χ2v) is 6.18. The molecule has 26 heavy (non-hydrogen) atoms. The summed E-state index contributed by atoms with van der Waals surface area (Å²) in [7, 11) is 0. The third-order valence-electron chi connectivity index (χ3n) is 4.34. The summed E-state index contributed by atoms with van der Waals surface area (Å²) in [6, 6.07) is 23.1. The summed E-state index contributed by atoms with van der Waals surface area (Å²) in [5, 5.41) is 2.96. The Morgan fingerprint density at radius 3 is 2.46 bits per heavy atom. The van der Waals surface area contributed by atoms with Crippen molar-refractivity contribution >= 4 is 17.0 Å². The molecule has 0 aliphatic heterocycles. The molecule has 4 rings (SSSR count). The molecule has 0 bridgehead atoms. The molecule has 0 unspecified atom stereocenters. The van der Waals surface area contributed by atoms with E-state index < -0.39 is 0 Å². The molecule has 0 aliphatic carbocycles. The number of carbonyl (C=O) groups excluding carboxylic acids is 1. The average molecular weight is 342 g/mol. The summed E-state index contributed by atoms with van der Waals surface area (Å²) in [5.41, 5.74) is 5.23. The molecule has 0 atom stereocenters. The number of hydrogen-bond donors (Lipinski definition) is 1. The van der Waals surface area contributed by atoms with Crippen molar-refractivity contribution < 1.29 is 9.21 Å². The van der Waals surface area contributed by atoms with Crippen LogP contribution in [0.3, 0.4) is 0 Å². The largest absolute Gasteiger partial charge is 0.436 e. The van der Waals surface area contributed by atoms with Crippen LogP contribution in [-0.4, -0.2) is 10.9 Å². The zero-order chi connectivity index (χ0) is 17.9. The van der Waals surface area contributed by atoms with E-state index in [9.17, 15) is 4.79 Å². The number of hydrogen-bond acceptors (Lipinski definition) is 3. The molecule has 1 heterocycles. The maximum Gasteiger partial charge on any atom is 0.251 e. The molecule has 4 heteroatoms. The fraction of sp³-hybridized carbons (Fsp3) is 0.0909. The first-order valence-corrected chi connectivity index (χ1v) is 8.49. The van der Waals surface area contributed by atoms with Crippen LogP contribution in [0.1, 0.15) is 21.5 Å². The van der Waals surface area contributed by atoms with E-state index in [2.05, 4.69) is 10.3 Å². The van der Waals surface area contributed by atoms with E-state index >= 15 is 0 Å². The number of nitrogens with one attached hydrogen (secondary N) is 1. The highest BCUT2D eigenvalue weighted by Crippen LogP contribution is 2.24. The summed E-state index contributed by atoms with van der Waals surface area (Å²) in [5.74, 6) is 0.535. The Kier molecular flexibility index (Phi) is 4.23. The van der Waals surface area contributed by atoms with Gasteiger partial charge in [-0.15, -0.1) is 0 Å². The lowest BCUT2D eigenvalue weighted by molar-refractivity contribution is 0.0950. The minimum absolute atomic E-state index is 0.0638. The molecule has 128 valence electrons. The highest BCUT2D eigenvalue weighted by molar-refractivity contribution is 5.95. The molecule has 0 fully saturated rings. The number of nitrogens with zero attached hydrogens (tertiary/aromatic N) is 1. The van der Waals surface area contributed by atoms with Crippen LogP contribution in [0.2, 0.25) is 0 Å². The molecule has 0 saturated heterocycles. The van der Waals surface area contributed by atoms with Crippen molar-refractivity contribution in [2.45, 2.75) is 13.5 Å². The van der Waals surface area contributed by atoms with Crippen molar-refractivity contribution in [2.24, 2.45) is 0 Å². The molecule has 0 aliphatic rings. The molecule has 4 aromatic rings. The Morgan fingerprint density at radius 1 is 0.962 bits per heavy atom. The normalized spacial score (nSPS) is 10.8. The summed E-state index contributed by atoms with van der Waals surface area (Å²) in [6.45, 7) is 2.41. The minimum Gasteiger partial charge on any atom is -0.436 e. The standard InChI is InChI=1S/C22H18N2O2/c1-15-6-2-3-7-18(15)21(25)23-14-16-10-12-17(13-11-16)22-24-19-8-4-5-9-20(19)26-22/h2-13H,14H2,1H3,(H,23,25). The molecule has 1 amide bonds.